The van der Waals surface area contributed by atoms with Crippen molar-refractivity contribution in [3.8, 4) is 0 Å². The molecule has 0 aliphatic rings. The zero-order chi connectivity index (χ0) is 11.3. The largest absolute Gasteiger partial charge is 0.313 e. The van der Waals surface area contributed by atoms with Gasteiger partial charge in [-0.15, -0.1) is 0 Å². The lowest BCUT2D eigenvalue weighted by molar-refractivity contribution is 0.614. The first-order chi connectivity index (χ1) is 7.15. The van der Waals surface area contributed by atoms with E-state index in [9.17, 15) is 4.39 Å². The summed E-state index contributed by atoms with van der Waals surface area (Å²) < 4.78 is 13.1. The predicted molar refractivity (Wildman–Crippen MR) is 62.5 cm³/mol. The molecule has 0 aliphatic heterocycles. The zero-order valence-corrected chi connectivity index (χ0v) is 9.81. The summed E-state index contributed by atoms with van der Waals surface area (Å²) in [6, 6.07) is 5.07. The van der Waals surface area contributed by atoms with Crippen LogP contribution in [0.25, 0.3) is 0 Å². The summed E-state index contributed by atoms with van der Waals surface area (Å²) in [7, 11) is 0. The second-order valence-corrected chi connectivity index (χ2v) is 4.17. The van der Waals surface area contributed by atoms with E-state index in [0.717, 1.165) is 25.1 Å². The zero-order valence-electron chi connectivity index (χ0n) is 9.81. The predicted octanol–water partition coefficient (Wildman–Crippen LogP) is 3.45. The highest BCUT2D eigenvalue weighted by Gasteiger charge is 2.07. The average Bonchev–Trinajstić information content (AvgIpc) is 2.18. The Hall–Kier alpha value is -0.890. The van der Waals surface area contributed by atoms with Crippen molar-refractivity contribution < 1.29 is 4.39 Å². The van der Waals surface area contributed by atoms with E-state index in [1.165, 1.54) is 5.56 Å². The van der Waals surface area contributed by atoms with E-state index in [1.807, 2.05) is 6.07 Å². The summed E-state index contributed by atoms with van der Waals surface area (Å²) in [5.74, 6) is 0.303. The molecule has 1 aromatic rings. The highest BCUT2D eigenvalue weighted by Crippen LogP contribution is 2.20. The van der Waals surface area contributed by atoms with Crippen LogP contribution in [-0.4, -0.2) is 6.54 Å². The minimum atomic E-state index is -0.146. The molecule has 1 N–H and O–H groups in total. The highest BCUT2D eigenvalue weighted by molar-refractivity contribution is 5.30. The van der Waals surface area contributed by atoms with Crippen LogP contribution in [0.2, 0.25) is 0 Å². The van der Waals surface area contributed by atoms with Crippen molar-refractivity contribution in [3.05, 3.63) is 35.1 Å². The first kappa shape index (κ1) is 12.2. The van der Waals surface area contributed by atoms with Crippen molar-refractivity contribution >= 4 is 0 Å². The van der Waals surface area contributed by atoms with Crippen LogP contribution >= 0.6 is 0 Å². The normalized spacial score (nSPS) is 11.0. The Morgan fingerprint density at radius 1 is 1.33 bits per heavy atom. The summed E-state index contributed by atoms with van der Waals surface area (Å²) in [4.78, 5) is 0. The van der Waals surface area contributed by atoms with E-state index in [2.05, 4.69) is 26.1 Å². The van der Waals surface area contributed by atoms with Crippen molar-refractivity contribution in [1.82, 2.24) is 5.32 Å². The fourth-order valence-corrected chi connectivity index (χ4v) is 1.69. The lowest BCUT2D eigenvalue weighted by Gasteiger charge is -2.13. The summed E-state index contributed by atoms with van der Waals surface area (Å²) in [6.45, 7) is 8.14. The SMILES string of the molecule is CCCNCc1cc(F)ccc1C(C)C. The van der Waals surface area contributed by atoms with Crippen LogP contribution < -0.4 is 5.32 Å². The van der Waals surface area contributed by atoms with Gasteiger partial charge in [-0.2, -0.15) is 0 Å². The molecule has 1 aromatic carbocycles. The molecule has 0 amide bonds. The minimum Gasteiger partial charge on any atom is -0.313 e. The first-order valence-electron chi connectivity index (χ1n) is 5.64. The number of halogens is 1. The van der Waals surface area contributed by atoms with Crippen LogP contribution in [0, 0.1) is 5.82 Å². The summed E-state index contributed by atoms with van der Waals surface area (Å²) in [5.41, 5.74) is 2.32. The molecule has 0 heterocycles. The van der Waals surface area contributed by atoms with Crippen molar-refractivity contribution in [2.75, 3.05) is 6.54 Å². The van der Waals surface area contributed by atoms with Gasteiger partial charge in [-0.05, 0) is 42.1 Å². The van der Waals surface area contributed by atoms with Crippen LogP contribution in [0.1, 0.15) is 44.2 Å². The molecule has 15 heavy (non-hydrogen) atoms. The maximum Gasteiger partial charge on any atom is 0.123 e. The number of hydrogen-bond acceptors (Lipinski definition) is 1. The van der Waals surface area contributed by atoms with Gasteiger partial charge in [0.15, 0.2) is 0 Å². The molecule has 2 heteroatoms. The average molecular weight is 209 g/mol. The number of benzene rings is 1. The molecule has 0 bridgehead atoms. The van der Waals surface area contributed by atoms with E-state index >= 15 is 0 Å². The number of rotatable bonds is 5. The molecule has 0 aromatic heterocycles. The summed E-state index contributed by atoms with van der Waals surface area (Å²) in [6.07, 6.45) is 1.10. The third-order valence-electron chi connectivity index (χ3n) is 2.47. The maximum absolute atomic E-state index is 13.1. The van der Waals surface area contributed by atoms with Crippen LogP contribution in [-0.2, 0) is 6.54 Å². The van der Waals surface area contributed by atoms with Gasteiger partial charge in [-0.25, -0.2) is 4.39 Å². The van der Waals surface area contributed by atoms with Crippen molar-refractivity contribution in [2.24, 2.45) is 0 Å². The summed E-state index contributed by atoms with van der Waals surface area (Å²) >= 11 is 0. The van der Waals surface area contributed by atoms with Gasteiger partial charge < -0.3 is 5.32 Å². The van der Waals surface area contributed by atoms with Crippen molar-refractivity contribution in [2.45, 2.75) is 39.7 Å². The lowest BCUT2D eigenvalue weighted by Crippen LogP contribution is -2.15. The van der Waals surface area contributed by atoms with E-state index in [-0.39, 0.29) is 5.82 Å². The quantitative estimate of drug-likeness (QED) is 0.732. The van der Waals surface area contributed by atoms with Gasteiger partial charge in [-0.1, -0.05) is 26.8 Å². The molecule has 1 rings (SSSR count). The first-order valence-corrected chi connectivity index (χ1v) is 5.64. The van der Waals surface area contributed by atoms with Gasteiger partial charge in [-0.3, -0.25) is 0 Å². The maximum atomic E-state index is 13.1. The highest BCUT2D eigenvalue weighted by atomic mass is 19.1. The summed E-state index contributed by atoms with van der Waals surface area (Å²) in [5, 5.41) is 3.31. The number of hydrogen-bond donors (Lipinski definition) is 1. The van der Waals surface area contributed by atoms with E-state index in [0.29, 0.717) is 5.92 Å². The molecule has 0 atom stereocenters. The second kappa shape index (κ2) is 5.86. The Labute approximate surface area is 91.7 Å². The molecule has 84 valence electrons. The monoisotopic (exact) mass is 209 g/mol. The minimum absolute atomic E-state index is 0.146. The van der Waals surface area contributed by atoms with Crippen LogP contribution in [0.15, 0.2) is 18.2 Å². The molecule has 0 spiro atoms. The van der Waals surface area contributed by atoms with Crippen LogP contribution in [0.4, 0.5) is 4.39 Å². The Kier molecular flexibility index (Phi) is 4.76. The van der Waals surface area contributed by atoms with E-state index in [4.69, 9.17) is 0 Å². The Morgan fingerprint density at radius 3 is 2.67 bits per heavy atom. The Morgan fingerprint density at radius 2 is 2.07 bits per heavy atom. The Balaban J connectivity index is 2.77. The molecular formula is C13H20FN. The molecular weight excluding hydrogens is 189 g/mol. The third kappa shape index (κ3) is 3.63. The number of nitrogens with one attached hydrogen (secondary N) is 1. The van der Waals surface area contributed by atoms with Crippen molar-refractivity contribution in [3.63, 3.8) is 0 Å². The second-order valence-electron chi connectivity index (χ2n) is 4.17. The van der Waals surface area contributed by atoms with Crippen LogP contribution in [0.5, 0.6) is 0 Å². The molecule has 0 aliphatic carbocycles. The van der Waals surface area contributed by atoms with Gasteiger partial charge in [0.1, 0.15) is 5.82 Å². The van der Waals surface area contributed by atoms with Gasteiger partial charge in [0, 0.05) is 6.54 Å². The molecule has 0 unspecified atom stereocenters. The third-order valence-corrected chi connectivity index (χ3v) is 2.47. The fourth-order valence-electron chi connectivity index (χ4n) is 1.69. The van der Waals surface area contributed by atoms with Gasteiger partial charge in [0.2, 0.25) is 0 Å². The standard InChI is InChI=1S/C13H20FN/c1-4-7-15-9-11-8-12(14)5-6-13(11)10(2)3/h5-6,8,10,15H,4,7,9H2,1-3H3. The molecule has 0 saturated heterocycles. The fraction of sp³-hybridized carbons (Fsp3) is 0.538. The molecule has 0 saturated carbocycles. The van der Waals surface area contributed by atoms with Crippen molar-refractivity contribution in [1.29, 1.82) is 0 Å². The van der Waals surface area contributed by atoms with Gasteiger partial charge >= 0.3 is 0 Å². The lowest BCUT2D eigenvalue weighted by atomic mass is 9.97. The van der Waals surface area contributed by atoms with E-state index in [1.54, 1.807) is 12.1 Å². The smallest absolute Gasteiger partial charge is 0.123 e. The Bertz CT molecular complexity index is 307. The van der Waals surface area contributed by atoms with E-state index < -0.39 is 0 Å². The van der Waals surface area contributed by atoms with Gasteiger partial charge in [0.25, 0.3) is 0 Å². The van der Waals surface area contributed by atoms with Crippen LogP contribution in [0.3, 0.4) is 0 Å². The topological polar surface area (TPSA) is 12.0 Å². The molecule has 0 radical (unpaired) electrons. The molecule has 0 fully saturated rings. The van der Waals surface area contributed by atoms with Gasteiger partial charge in [0.05, 0.1) is 0 Å². The molecule has 1 nitrogen and oxygen atoms in total.